The number of rotatable bonds is 3. The molecule has 4 aromatic rings. The molecule has 0 spiro atoms. The van der Waals surface area contributed by atoms with Crippen LogP contribution in [0.25, 0.3) is 21.7 Å². The number of azo groups is 1. The second kappa shape index (κ2) is 6.66. The lowest BCUT2D eigenvalue weighted by atomic mass is 10.1. The van der Waals surface area contributed by atoms with Crippen LogP contribution in [-0.4, -0.2) is 23.1 Å². The molecule has 2 N–H and O–H groups in total. The standard InChI is InChI=1S/C20H15N3O4S/c1-12-4-5-14-10-15(7-6-13(14)9-12)22-23-17-11-18(28(25,26)27)16-3-2-8-21-19(16)20(17)24/h2-11,24H,1H3,(H,25,26,27)/b23-22+. The maximum Gasteiger partial charge on any atom is 0.295 e. The summed E-state index contributed by atoms with van der Waals surface area (Å²) in [6.07, 6.45) is 1.40. The summed E-state index contributed by atoms with van der Waals surface area (Å²) in [5.41, 5.74) is 1.59. The first kappa shape index (κ1) is 18.0. The predicted molar refractivity (Wildman–Crippen MR) is 106 cm³/mol. The molecular formula is C20H15N3O4S. The Kier molecular flexibility index (Phi) is 4.29. The molecule has 0 radical (unpaired) electrons. The highest BCUT2D eigenvalue weighted by Crippen LogP contribution is 2.38. The molecule has 0 aliphatic carbocycles. The Morgan fingerprint density at radius 3 is 2.50 bits per heavy atom. The number of aromatic nitrogens is 1. The average Bonchev–Trinajstić information content (AvgIpc) is 2.66. The number of hydrogen-bond donors (Lipinski definition) is 2. The molecule has 0 aliphatic rings. The molecule has 140 valence electrons. The lowest BCUT2D eigenvalue weighted by Crippen LogP contribution is -1.99. The van der Waals surface area contributed by atoms with Crippen LogP contribution in [0.15, 0.2) is 75.9 Å². The van der Waals surface area contributed by atoms with Gasteiger partial charge in [-0.2, -0.15) is 13.5 Å². The Labute approximate surface area is 160 Å². The number of pyridine rings is 1. The summed E-state index contributed by atoms with van der Waals surface area (Å²) in [4.78, 5) is 3.60. The van der Waals surface area contributed by atoms with Crippen molar-refractivity contribution in [2.45, 2.75) is 11.8 Å². The number of fused-ring (bicyclic) bond motifs is 2. The van der Waals surface area contributed by atoms with Gasteiger partial charge in [0.1, 0.15) is 16.1 Å². The maximum absolute atomic E-state index is 11.7. The van der Waals surface area contributed by atoms with Gasteiger partial charge in [-0.05, 0) is 48.0 Å². The zero-order valence-corrected chi connectivity index (χ0v) is 15.6. The Bertz CT molecular complexity index is 1370. The van der Waals surface area contributed by atoms with Crippen molar-refractivity contribution in [3.8, 4) is 5.75 Å². The molecule has 0 fully saturated rings. The molecular weight excluding hydrogens is 378 g/mol. The van der Waals surface area contributed by atoms with Gasteiger partial charge in [0.2, 0.25) is 0 Å². The molecule has 0 saturated heterocycles. The van der Waals surface area contributed by atoms with Gasteiger partial charge in [-0.1, -0.05) is 29.8 Å². The minimum atomic E-state index is -4.54. The zero-order chi connectivity index (χ0) is 19.9. The number of benzene rings is 3. The van der Waals surface area contributed by atoms with E-state index < -0.39 is 15.0 Å². The average molecular weight is 393 g/mol. The molecule has 8 heteroatoms. The third-order valence-corrected chi connectivity index (χ3v) is 5.23. The van der Waals surface area contributed by atoms with Crippen LogP contribution in [0.2, 0.25) is 0 Å². The molecule has 0 bridgehead atoms. The Hall–Kier alpha value is -3.36. The van der Waals surface area contributed by atoms with Crippen LogP contribution in [0.1, 0.15) is 5.56 Å². The first-order valence-corrected chi connectivity index (χ1v) is 9.77. The predicted octanol–water partition coefficient (Wildman–Crippen LogP) is 5.06. The van der Waals surface area contributed by atoms with E-state index in [1.54, 1.807) is 6.07 Å². The van der Waals surface area contributed by atoms with E-state index in [2.05, 4.69) is 21.3 Å². The van der Waals surface area contributed by atoms with Crippen molar-refractivity contribution < 1.29 is 18.1 Å². The summed E-state index contributed by atoms with van der Waals surface area (Å²) in [6, 6.07) is 15.5. The number of phenolic OH excluding ortho intramolecular Hbond substituents is 1. The van der Waals surface area contributed by atoms with Crippen LogP contribution < -0.4 is 0 Å². The number of aromatic hydroxyl groups is 1. The van der Waals surface area contributed by atoms with Crippen molar-refractivity contribution in [1.82, 2.24) is 4.98 Å². The highest BCUT2D eigenvalue weighted by molar-refractivity contribution is 7.86. The molecule has 7 nitrogen and oxygen atoms in total. The first-order chi connectivity index (χ1) is 13.3. The highest BCUT2D eigenvalue weighted by atomic mass is 32.2. The van der Waals surface area contributed by atoms with Crippen molar-refractivity contribution in [3.05, 3.63) is 66.4 Å². The Morgan fingerprint density at radius 2 is 1.71 bits per heavy atom. The molecule has 1 aromatic heterocycles. The molecule has 1 heterocycles. The van der Waals surface area contributed by atoms with Crippen molar-refractivity contribution >= 4 is 43.2 Å². The summed E-state index contributed by atoms with van der Waals surface area (Å²) in [7, 11) is -4.54. The zero-order valence-electron chi connectivity index (χ0n) is 14.7. The largest absolute Gasteiger partial charge is 0.504 e. The van der Waals surface area contributed by atoms with Gasteiger partial charge in [0.05, 0.1) is 5.69 Å². The summed E-state index contributed by atoms with van der Waals surface area (Å²) in [5.74, 6) is -0.317. The minimum Gasteiger partial charge on any atom is -0.504 e. The van der Waals surface area contributed by atoms with E-state index in [9.17, 15) is 18.1 Å². The van der Waals surface area contributed by atoms with Crippen LogP contribution in [0.4, 0.5) is 11.4 Å². The van der Waals surface area contributed by atoms with E-state index in [1.807, 2.05) is 31.2 Å². The molecule has 0 unspecified atom stereocenters. The summed E-state index contributed by atoms with van der Waals surface area (Å²) >= 11 is 0. The maximum atomic E-state index is 11.7. The van der Waals surface area contributed by atoms with Gasteiger partial charge in [0, 0.05) is 11.6 Å². The van der Waals surface area contributed by atoms with Crippen LogP contribution in [0.3, 0.4) is 0 Å². The number of nitrogens with zero attached hydrogens (tertiary/aromatic N) is 3. The Morgan fingerprint density at radius 1 is 0.964 bits per heavy atom. The van der Waals surface area contributed by atoms with Crippen molar-refractivity contribution in [3.63, 3.8) is 0 Å². The summed E-state index contributed by atoms with van der Waals surface area (Å²) in [5, 5.41) is 20.6. The van der Waals surface area contributed by atoms with E-state index >= 15 is 0 Å². The van der Waals surface area contributed by atoms with Crippen LogP contribution in [-0.2, 0) is 10.1 Å². The van der Waals surface area contributed by atoms with Crippen molar-refractivity contribution in [1.29, 1.82) is 0 Å². The van der Waals surface area contributed by atoms with Crippen LogP contribution >= 0.6 is 0 Å². The second-order valence-electron chi connectivity index (χ2n) is 6.35. The fraction of sp³-hybridized carbons (Fsp3) is 0.0500. The highest BCUT2D eigenvalue weighted by Gasteiger charge is 2.20. The second-order valence-corrected chi connectivity index (χ2v) is 7.74. The molecule has 4 rings (SSSR count). The molecule has 0 saturated carbocycles. The van der Waals surface area contributed by atoms with Crippen molar-refractivity contribution in [2.75, 3.05) is 0 Å². The quantitative estimate of drug-likeness (QED) is 0.373. The monoisotopic (exact) mass is 393 g/mol. The minimum absolute atomic E-state index is 0.0144. The van der Waals surface area contributed by atoms with Gasteiger partial charge in [-0.25, -0.2) is 0 Å². The lowest BCUT2D eigenvalue weighted by molar-refractivity contribution is 0.479. The number of aryl methyl sites for hydroxylation is 1. The third kappa shape index (κ3) is 3.30. The third-order valence-electron chi connectivity index (χ3n) is 4.34. The van der Waals surface area contributed by atoms with E-state index in [-0.39, 0.29) is 22.3 Å². The van der Waals surface area contributed by atoms with Gasteiger partial charge < -0.3 is 5.11 Å². The van der Waals surface area contributed by atoms with Gasteiger partial charge in [-0.3, -0.25) is 9.54 Å². The van der Waals surface area contributed by atoms with Gasteiger partial charge in [-0.15, -0.1) is 5.11 Å². The number of hydrogen-bond acceptors (Lipinski definition) is 6. The first-order valence-electron chi connectivity index (χ1n) is 8.33. The molecule has 3 aromatic carbocycles. The molecule has 0 aliphatic heterocycles. The van der Waals surface area contributed by atoms with Gasteiger partial charge in [0.25, 0.3) is 10.1 Å². The Balaban J connectivity index is 1.83. The summed E-state index contributed by atoms with van der Waals surface area (Å²) < 4.78 is 33.0. The normalized spacial score (nSPS) is 12.2. The van der Waals surface area contributed by atoms with E-state index in [4.69, 9.17) is 0 Å². The van der Waals surface area contributed by atoms with Crippen LogP contribution in [0, 0.1) is 6.92 Å². The lowest BCUT2D eigenvalue weighted by Gasteiger charge is -2.07. The molecule has 0 atom stereocenters. The SMILES string of the molecule is Cc1ccc2cc(/N=N/c3cc(S(=O)(=O)O)c4cccnc4c3O)ccc2c1. The van der Waals surface area contributed by atoms with Crippen molar-refractivity contribution in [2.24, 2.45) is 10.2 Å². The number of phenols is 1. The van der Waals surface area contributed by atoms with Gasteiger partial charge in [0.15, 0.2) is 5.75 Å². The van der Waals surface area contributed by atoms with E-state index in [0.717, 1.165) is 22.4 Å². The van der Waals surface area contributed by atoms with Gasteiger partial charge >= 0.3 is 0 Å². The fourth-order valence-electron chi connectivity index (χ4n) is 3.00. The smallest absolute Gasteiger partial charge is 0.295 e. The fourth-order valence-corrected chi connectivity index (χ4v) is 3.70. The molecule has 0 amide bonds. The topological polar surface area (TPSA) is 112 Å². The van der Waals surface area contributed by atoms with E-state index in [0.29, 0.717) is 5.69 Å². The van der Waals surface area contributed by atoms with E-state index in [1.165, 1.54) is 18.3 Å². The van der Waals surface area contributed by atoms with Crippen LogP contribution in [0.5, 0.6) is 5.75 Å². The summed E-state index contributed by atoms with van der Waals surface area (Å²) in [6.45, 7) is 2.01. The molecule has 28 heavy (non-hydrogen) atoms.